The Morgan fingerprint density at radius 3 is 2.70 bits per heavy atom. The Labute approximate surface area is 122 Å². The van der Waals surface area contributed by atoms with Gasteiger partial charge in [-0.25, -0.2) is 9.37 Å². The molecule has 0 fully saturated rings. The second kappa shape index (κ2) is 8.09. The summed E-state index contributed by atoms with van der Waals surface area (Å²) in [5.74, 6) is -0.227. The van der Waals surface area contributed by atoms with Crippen LogP contribution < -0.4 is 5.32 Å². The quantitative estimate of drug-likeness (QED) is 0.735. The number of nitrogens with one attached hydrogen (secondary N) is 1. The fraction of sp³-hybridized carbons (Fsp3) is 0.400. The van der Waals surface area contributed by atoms with Gasteiger partial charge < -0.3 is 10.4 Å². The molecule has 5 heteroatoms. The lowest BCUT2D eigenvalue weighted by molar-refractivity contribution is 0.283. The number of thiazole rings is 1. The minimum atomic E-state index is -0.227. The van der Waals surface area contributed by atoms with Crippen molar-refractivity contribution in [2.24, 2.45) is 0 Å². The van der Waals surface area contributed by atoms with Crippen molar-refractivity contribution in [1.82, 2.24) is 10.3 Å². The lowest BCUT2D eigenvalue weighted by Gasteiger charge is -2.01. The molecule has 108 valence electrons. The molecule has 1 aromatic heterocycles. The summed E-state index contributed by atoms with van der Waals surface area (Å²) in [4.78, 5) is 4.54. The van der Waals surface area contributed by atoms with Crippen LogP contribution in [0.15, 0.2) is 29.6 Å². The molecule has 0 aliphatic rings. The van der Waals surface area contributed by atoms with E-state index in [-0.39, 0.29) is 12.4 Å². The van der Waals surface area contributed by atoms with Gasteiger partial charge in [-0.1, -0.05) is 0 Å². The molecule has 0 radical (unpaired) electrons. The van der Waals surface area contributed by atoms with E-state index in [9.17, 15) is 4.39 Å². The number of nitrogens with zero attached hydrogens (tertiary/aromatic N) is 1. The summed E-state index contributed by atoms with van der Waals surface area (Å²) >= 11 is 1.57. The van der Waals surface area contributed by atoms with E-state index in [1.54, 1.807) is 23.5 Å². The summed E-state index contributed by atoms with van der Waals surface area (Å²) in [5, 5.41) is 15.0. The third-order valence-corrected chi connectivity index (χ3v) is 3.90. The number of rotatable bonds is 8. The van der Waals surface area contributed by atoms with Gasteiger partial charge in [-0.3, -0.25) is 0 Å². The molecule has 1 aromatic carbocycles. The van der Waals surface area contributed by atoms with E-state index in [2.05, 4.69) is 10.3 Å². The maximum atomic E-state index is 12.9. The normalized spacial score (nSPS) is 10.9. The number of hydrogen-bond acceptors (Lipinski definition) is 4. The summed E-state index contributed by atoms with van der Waals surface area (Å²) in [7, 11) is 0. The van der Waals surface area contributed by atoms with Gasteiger partial charge in [0.2, 0.25) is 0 Å². The number of aromatic nitrogens is 1. The molecule has 3 nitrogen and oxygen atoms in total. The first kappa shape index (κ1) is 15.1. The lowest BCUT2D eigenvalue weighted by Crippen LogP contribution is -2.14. The highest BCUT2D eigenvalue weighted by Crippen LogP contribution is 2.23. The van der Waals surface area contributed by atoms with Gasteiger partial charge in [0.25, 0.3) is 0 Å². The number of halogens is 1. The first-order valence-corrected chi connectivity index (χ1v) is 7.69. The van der Waals surface area contributed by atoms with Crippen LogP contribution in [-0.2, 0) is 6.54 Å². The number of hydrogen-bond donors (Lipinski definition) is 2. The molecule has 1 heterocycles. The Kier molecular flexibility index (Phi) is 6.11. The van der Waals surface area contributed by atoms with Crippen molar-refractivity contribution < 1.29 is 9.50 Å². The van der Waals surface area contributed by atoms with E-state index in [0.717, 1.165) is 48.6 Å². The summed E-state index contributed by atoms with van der Waals surface area (Å²) in [6.07, 6.45) is 2.98. The first-order valence-electron chi connectivity index (χ1n) is 6.81. The van der Waals surface area contributed by atoms with E-state index in [0.29, 0.717) is 0 Å². The van der Waals surface area contributed by atoms with E-state index < -0.39 is 0 Å². The van der Waals surface area contributed by atoms with Crippen molar-refractivity contribution in [3.8, 4) is 10.6 Å². The van der Waals surface area contributed by atoms with Crippen LogP contribution >= 0.6 is 11.3 Å². The smallest absolute Gasteiger partial charge is 0.123 e. The summed E-state index contributed by atoms with van der Waals surface area (Å²) in [6.45, 7) is 1.95. The van der Waals surface area contributed by atoms with Gasteiger partial charge in [0, 0.05) is 24.1 Å². The number of benzene rings is 1. The molecule has 0 saturated carbocycles. The highest BCUT2D eigenvalue weighted by molar-refractivity contribution is 7.13. The van der Waals surface area contributed by atoms with Crippen LogP contribution in [-0.4, -0.2) is 23.2 Å². The standard InChI is InChI=1S/C15H19FN2OS/c16-13-6-4-12(5-7-13)15-18-14(11-20-15)10-17-8-2-1-3-9-19/h4-7,11,17,19H,1-3,8-10H2. The maximum absolute atomic E-state index is 12.9. The van der Waals surface area contributed by atoms with Gasteiger partial charge in [0.15, 0.2) is 0 Å². The molecule has 2 rings (SSSR count). The van der Waals surface area contributed by atoms with Crippen LogP contribution in [0, 0.1) is 5.82 Å². The first-order chi connectivity index (χ1) is 9.79. The largest absolute Gasteiger partial charge is 0.396 e. The third-order valence-electron chi connectivity index (χ3n) is 2.96. The van der Waals surface area contributed by atoms with Gasteiger partial charge in [-0.2, -0.15) is 0 Å². The van der Waals surface area contributed by atoms with Crippen molar-refractivity contribution in [3.05, 3.63) is 41.2 Å². The number of aliphatic hydroxyl groups is 1. The van der Waals surface area contributed by atoms with E-state index in [1.807, 2.05) is 5.38 Å². The highest BCUT2D eigenvalue weighted by Gasteiger charge is 2.04. The number of unbranched alkanes of at least 4 members (excludes halogenated alkanes) is 2. The van der Waals surface area contributed by atoms with Crippen LogP contribution in [0.4, 0.5) is 4.39 Å². The average molecular weight is 294 g/mol. The second-order valence-corrected chi connectivity index (χ2v) is 5.47. The molecular weight excluding hydrogens is 275 g/mol. The van der Waals surface area contributed by atoms with Gasteiger partial charge >= 0.3 is 0 Å². The zero-order valence-corrected chi connectivity index (χ0v) is 12.1. The molecule has 0 atom stereocenters. The molecule has 0 saturated heterocycles. The molecule has 2 aromatic rings. The van der Waals surface area contributed by atoms with Gasteiger partial charge in [-0.15, -0.1) is 11.3 Å². The van der Waals surface area contributed by atoms with Crippen LogP contribution in [0.3, 0.4) is 0 Å². The molecule has 0 aliphatic heterocycles. The summed E-state index contributed by atoms with van der Waals surface area (Å²) < 4.78 is 12.9. The van der Waals surface area contributed by atoms with Gasteiger partial charge in [0.1, 0.15) is 10.8 Å². The minimum absolute atomic E-state index is 0.227. The van der Waals surface area contributed by atoms with Crippen LogP contribution in [0.25, 0.3) is 10.6 Å². The van der Waals surface area contributed by atoms with Crippen molar-refractivity contribution in [1.29, 1.82) is 0 Å². The van der Waals surface area contributed by atoms with Crippen LogP contribution in [0.5, 0.6) is 0 Å². The SMILES string of the molecule is OCCCCCNCc1csc(-c2ccc(F)cc2)n1. The van der Waals surface area contributed by atoms with Crippen molar-refractivity contribution >= 4 is 11.3 Å². The topological polar surface area (TPSA) is 45.1 Å². The van der Waals surface area contributed by atoms with Crippen LogP contribution in [0.2, 0.25) is 0 Å². The zero-order valence-electron chi connectivity index (χ0n) is 11.3. The Bertz CT molecular complexity index is 513. The minimum Gasteiger partial charge on any atom is -0.396 e. The van der Waals surface area contributed by atoms with Gasteiger partial charge in [-0.05, 0) is 50.1 Å². The molecule has 20 heavy (non-hydrogen) atoms. The zero-order chi connectivity index (χ0) is 14.2. The van der Waals surface area contributed by atoms with Crippen molar-refractivity contribution in [3.63, 3.8) is 0 Å². The summed E-state index contributed by atoms with van der Waals surface area (Å²) in [6, 6.07) is 6.41. The monoisotopic (exact) mass is 294 g/mol. The Morgan fingerprint density at radius 2 is 1.95 bits per heavy atom. The van der Waals surface area contributed by atoms with Crippen LogP contribution in [0.1, 0.15) is 25.0 Å². The fourth-order valence-corrected chi connectivity index (χ4v) is 2.69. The van der Waals surface area contributed by atoms with E-state index >= 15 is 0 Å². The number of aliphatic hydroxyl groups excluding tert-OH is 1. The molecule has 0 amide bonds. The molecule has 0 unspecified atom stereocenters. The highest BCUT2D eigenvalue weighted by atomic mass is 32.1. The molecule has 0 aliphatic carbocycles. The average Bonchev–Trinajstić information content (AvgIpc) is 2.92. The molecule has 0 bridgehead atoms. The predicted octanol–water partition coefficient (Wildman–Crippen LogP) is 3.20. The van der Waals surface area contributed by atoms with E-state index in [4.69, 9.17) is 5.11 Å². The van der Waals surface area contributed by atoms with Crippen molar-refractivity contribution in [2.45, 2.75) is 25.8 Å². The predicted molar refractivity (Wildman–Crippen MR) is 80.2 cm³/mol. The van der Waals surface area contributed by atoms with E-state index in [1.165, 1.54) is 12.1 Å². The Balaban J connectivity index is 1.79. The lowest BCUT2D eigenvalue weighted by atomic mass is 10.2. The molecule has 0 spiro atoms. The Hall–Kier alpha value is -1.30. The van der Waals surface area contributed by atoms with Gasteiger partial charge in [0.05, 0.1) is 5.69 Å². The van der Waals surface area contributed by atoms with Crippen molar-refractivity contribution in [2.75, 3.05) is 13.2 Å². The second-order valence-electron chi connectivity index (χ2n) is 4.61. The Morgan fingerprint density at radius 1 is 1.15 bits per heavy atom. The molecular formula is C15H19FN2OS. The maximum Gasteiger partial charge on any atom is 0.123 e. The molecule has 2 N–H and O–H groups in total. The third kappa shape index (κ3) is 4.67. The fourth-order valence-electron chi connectivity index (χ4n) is 1.87. The summed E-state index contributed by atoms with van der Waals surface area (Å²) in [5.41, 5.74) is 1.96.